The highest BCUT2D eigenvalue weighted by Gasteiger charge is 2.38. The molecule has 0 bridgehead atoms. The van der Waals surface area contributed by atoms with Gasteiger partial charge in [-0.1, -0.05) is 59.7 Å². The van der Waals surface area contributed by atoms with Crippen molar-refractivity contribution in [2.75, 3.05) is 0 Å². The predicted octanol–water partition coefficient (Wildman–Crippen LogP) is 2.02. The lowest BCUT2D eigenvalue weighted by Gasteiger charge is -2.26. The minimum absolute atomic E-state index is 0.479. The molecule has 0 saturated carbocycles. The lowest BCUT2D eigenvalue weighted by molar-refractivity contribution is -0.133. The van der Waals surface area contributed by atoms with E-state index in [-0.39, 0.29) is 0 Å². The van der Waals surface area contributed by atoms with Gasteiger partial charge in [-0.3, -0.25) is 4.79 Å². The number of aryl methyl sites for hydroxylation is 2. The Bertz CT molecular complexity index is 587. The number of hydrogen-bond acceptors (Lipinski definition) is 2. The second-order valence-corrected chi connectivity index (χ2v) is 4.82. The van der Waals surface area contributed by atoms with E-state index in [0.29, 0.717) is 11.1 Å². The van der Waals surface area contributed by atoms with Gasteiger partial charge in [0.05, 0.1) is 0 Å². The van der Waals surface area contributed by atoms with Crippen LogP contribution in [0, 0.1) is 13.8 Å². The molecule has 1 amide bonds. The van der Waals surface area contributed by atoms with Gasteiger partial charge in [-0.25, -0.2) is 0 Å². The molecular weight excluding hydrogens is 238 g/mol. The van der Waals surface area contributed by atoms with Crippen LogP contribution in [0.2, 0.25) is 0 Å². The Hall–Kier alpha value is -2.13. The van der Waals surface area contributed by atoms with E-state index in [9.17, 15) is 9.90 Å². The summed E-state index contributed by atoms with van der Waals surface area (Å²) in [7, 11) is 0. The highest BCUT2D eigenvalue weighted by atomic mass is 16.3. The van der Waals surface area contributed by atoms with Crippen LogP contribution in [0.4, 0.5) is 0 Å². The fourth-order valence-electron chi connectivity index (χ4n) is 2.31. The number of nitrogens with two attached hydrogens (primary N) is 1. The van der Waals surface area contributed by atoms with Gasteiger partial charge in [-0.05, 0) is 25.0 Å². The maximum atomic E-state index is 11.8. The Labute approximate surface area is 112 Å². The van der Waals surface area contributed by atoms with Gasteiger partial charge in [0, 0.05) is 0 Å². The van der Waals surface area contributed by atoms with Crippen molar-refractivity contribution >= 4 is 5.91 Å². The number of benzene rings is 2. The van der Waals surface area contributed by atoms with E-state index in [4.69, 9.17) is 5.73 Å². The number of rotatable bonds is 3. The zero-order valence-corrected chi connectivity index (χ0v) is 11.1. The molecule has 98 valence electrons. The predicted molar refractivity (Wildman–Crippen MR) is 74.6 cm³/mol. The number of primary amides is 1. The molecule has 3 nitrogen and oxygen atoms in total. The number of carbonyl (C=O) groups excluding carboxylic acids is 1. The summed E-state index contributed by atoms with van der Waals surface area (Å²) in [5.41, 5.74) is 6.59. The fraction of sp³-hybridized carbons (Fsp3) is 0.188. The summed E-state index contributed by atoms with van der Waals surface area (Å²) in [6.45, 7) is 3.84. The topological polar surface area (TPSA) is 63.3 Å². The molecule has 3 heteroatoms. The van der Waals surface area contributed by atoms with Crippen LogP contribution in [0.1, 0.15) is 22.3 Å². The lowest BCUT2D eigenvalue weighted by Crippen LogP contribution is -2.42. The first-order chi connectivity index (χ1) is 8.94. The molecule has 0 aliphatic rings. The van der Waals surface area contributed by atoms with E-state index in [2.05, 4.69) is 0 Å². The molecule has 0 radical (unpaired) electrons. The quantitative estimate of drug-likeness (QED) is 0.881. The number of hydrogen-bond donors (Lipinski definition) is 2. The first-order valence-corrected chi connectivity index (χ1v) is 6.11. The molecule has 2 aromatic carbocycles. The van der Waals surface area contributed by atoms with Gasteiger partial charge in [-0.15, -0.1) is 0 Å². The van der Waals surface area contributed by atoms with Crippen LogP contribution in [-0.4, -0.2) is 11.0 Å². The Morgan fingerprint density at radius 1 is 1.00 bits per heavy atom. The van der Waals surface area contributed by atoms with Gasteiger partial charge in [-0.2, -0.15) is 0 Å². The maximum absolute atomic E-state index is 11.8. The Morgan fingerprint density at radius 2 is 1.53 bits per heavy atom. The molecule has 0 fully saturated rings. The highest BCUT2D eigenvalue weighted by molar-refractivity contribution is 5.88. The summed E-state index contributed by atoms with van der Waals surface area (Å²) in [5.74, 6) is -0.774. The van der Waals surface area contributed by atoms with E-state index >= 15 is 0 Å². The highest BCUT2D eigenvalue weighted by Crippen LogP contribution is 2.30. The van der Waals surface area contributed by atoms with Crippen molar-refractivity contribution in [3.05, 3.63) is 70.8 Å². The van der Waals surface area contributed by atoms with Gasteiger partial charge in [0.25, 0.3) is 5.91 Å². The largest absolute Gasteiger partial charge is 0.372 e. The van der Waals surface area contributed by atoms with Crippen LogP contribution in [0.15, 0.2) is 48.5 Å². The molecule has 0 spiro atoms. The maximum Gasteiger partial charge on any atom is 0.258 e. The minimum atomic E-state index is -1.79. The van der Waals surface area contributed by atoms with Gasteiger partial charge < -0.3 is 10.8 Å². The van der Waals surface area contributed by atoms with Crippen molar-refractivity contribution < 1.29 is 9.90 Å². The number of amides is 1. The van der Waals surface area contributed by atoms with E-state index in [0.717, 1.165) is 11.1 Å². The van der Waals surface area contributed by atoms with Crippen LogP contribution in [-0.2, 0) is 10.4 Å². The van der Waals surface area contributed by atoms with Crippen molar-refractivity contribution in [2.24, 2.45) is 5.73 Å². The third-order valence-corrected chi connectivity index (χ3v) is 3.19. The van der Waals surface area contributed by atoms with E-state index in [1.54, 1.807) is 36.4 Å². The first-order valence-electron chi connectivity index (χ1n) is 6.11. The zero-order valence-electron chi connectivity index (χ0n) is 11.1. The standard InChI is InChI=1S/C16H17NO2/c1-11-8-12(2)10-14(9-11)16(19,15(17)18)13-6-4-3-5-7-13/h3-10,19H,1-2H3,(H2,17,18). The summed E-state index contributed by atoms with van der Waals surface area (Å²) >= 11 is 0. The molecule has 1 unspecified atom stereocenters. The van der Waals surface area contributed by atoms with Crippen LogP contribution in [0.5, 0.6) is 0 Å². The minimum Gasteiger partial charge on any atom is -0.372 e. The second kappa shape index (κ2) is 4.86. The smallest absolute Gasteiger partial charge is 0.258 e. The molecule has 3 N–H and O–H groups in total. The van der Waals surface area contributed by atoms with Crippen LogP contribution >= 0.6 is 0 Å². The second-order valence-electron chi connectivity index (χ2n) is 4.82. The van der Waals surface area contributed by atoms with Crippen LogP contribution in [0.25, 0.3) is 0 Å². The first kappa shape index (κ1) is 13.3. The third-order valence-electron chi connectivity index (χ3n) is 3.19. The summed E-state index contributed by atoms with van der Waals surface area (Å²) < 4.78 is 0. The number of carbonyl (C=O) groups is 1. The average molecular weight is 255 g/mol. The van der Waals surface area contributed by atoms with Crippen molar-refractivity contribution in [1.29, 1.82) is 0 Å². The Balaban J connectivity index is 2.67. The zero-order chi connectivity index (χ0) is 14.0. The molecule has 0 aromatic heterocycles. The normalized spacial score (nSPS) is 13.8. The van der Waals surface area contributed by atoms with Crippen LogP contribution in [0.3, 0.4) is 0 Å². The summed E-state index contributed by atoms with van der Waals surface area (Å²) in [6.07, 6.45) is 0. The average Bonchev–Trinajstić information content (AvgIpc) is 2.37. The Morgan fingerprint density at radius 3 is 2.00 bits per heavy atom. The molecule has 0 heterocycles. The van der Waals surface area contributed by atoms with Gasteiger partial charge in [0.15, 0.2) is 5.60 Å². The lowest BCUT2D eigenvalue weighted by atomic mass is 9.84. The molecule has 1 atom stereocenters. The van der Waals surface area contributed by atoms with Crippen molar-refractivity contribution in [3.63, 3.8) is 0 Å². The summed E-state index contributed by atoms with van der Waals surface area (Å²) in [6, 6.07) is 14.3. The van der Waals surface area contributed by atoms with E-state index < -0.39 is 11.5 Å². The molecule has 0 saturated heterocycles. The SMILES string of the molecule is Cc1cc(C)cc(C(O)(C(N)=O)c2ccccc2)c1. The van der Waals surface area contributed by atoms with Crippen molar-refractivity contribution in [3.8, 4) is 0 Å². The van der Waals surface area contributed by atoms with Crippen molar-refractivity contribution in [2.45, 2.75) is 19.4 Å². The Kier molecular flexibility index (Phi) is 3.40. The molecule has 0 aliphatic carbocycles. The number of aliphatic hydroxyl groups is 1. The van der Waals surface area contributed by atoms with Gasteiger partial charge >= 0.3 is 0 Å². The van der Waals surface area contributed by atoms with Gasteiger partial charge in [0.1, 0.15) is 0 Å². The molecule has 2 aromatic rings. The molecule has 2 rings (SSSR count). The monoisotopic (exact) mass is 255 g/mol. The van der Waals surface area contributed by atoms with E-state index in [1.165, 1.54) is 0 Å². The molecular formula is C16H17NO2. The molecule has 19 heavy (non-hydrogen) atoms. The third kappa shape index (κ3) is 2.37. The summed E-state index contributed by atoms with van der Waals surface area (Å²) in [4.78, 5) is 11.8. The fourth-order valence-corrected chi connectivity index (χ4v) is 2.31. The van der Waals surface area contributed by atoms with E-state index in [1.807, 2.05) is 26.0 Å². The van der Waals surface area contributed by atoms with Gasteiger partial charge in [0.2, 0.25) is 0 Å². The van der Waals surface area contributed by atoms with Crippen molar-refractivity contribution in [1.82, 2.24) is 0 Å². The molecule has 0 aliphatic heterocycles. The summed E-state index contributed by atoms with van der Waals surface area (Å²) in [5, 5.41) is 10.8. The van der Waals surface area contributed by atoms with Crippen LogP contribution < -0.4 is 5.73 Å².